The number of hydrogen-bond donors (Lipinski definition) is 3. The molecule has 0 spiro atoms. The number of carbonyl (C=O) groups excluding carboxylic acids is 3. The molecule has 0 aliphatic carbocycles. The summed E-state index contributed by atoms with van der Waals surface area (Å²) in [6.07, 6.45) is -6.10. The molecule has 3 amide bonds. The van der Waals surface area contributed by atoms with E-state index in [2.05, 4.69) is 20.8 Å². The van der Waals surface area contributed by atoms with E-state index < -0.39 is 54.7 Å². The predicted molar refractivity (Wildman–Crippen MR) is 126 cm³/mol. The number of rotatable bonds is 8. The average molecular weight is 513 g/mol. The number of nitrogens with one attached hydrogen (secondary N) is 2. The Balaban J connectivity index is 1.70. The molecule has 1 aliphatic heterocycles. The first kappa shape index (κ1) is 25.6. The summed E-state index contributed by atoms with van der Waals surface area (Å²) in [6.45, 7) is 0. The average Bonchev–Trinajstić information content (AvgIpc) is 3.34. The van der Waals surface area contributed by atoms with Gasteiger partial charge in [0, 0.05) is 23.1 Å². The van der Waals surface area contributed by atoms with E-state index in [9.17, 15) is 27.6 Å². The van der Waals surface area contributed by atoms with Gasteiger partial charge >= 0.3 is 6.18 Å². The third kappa shape index (κ3) is 6.02. The van der Waals surface area contributed by atoms with Gasteiger partial charge in [-0.1, -0.05) is 53.7 Å². The molecule has 4 rings (SSSR count). The van der Waals surface area contributed by atoms with Crippen molar-refractivity contribution in [2.45, 2.75) is 31.1 Å². The van der Waals surface area contributed by atoms with Gasteiger partial charge in [0.25, 0.3) is 5.91 Å². The number of aromatic nitrogens is 1. The Morgan fingerprint density at radius 2 is 1.81 bits per heavy atom. The zero-order valence-electron chi connectivity index (χ0n) is 19.2. The Morgan fingerprint density at radius 3 is 2.46 bits per heavy atom. The van der Waals surface area contributed by atoms with Crippen molar-refractivity contribution >= 4 is 29.1 Å². The fourth-order valence-corrected chi connectivity index (χ4v) is 4.15. The molecule has 1 aromatic heterocycles. The van der Waals surface area contributed by atoms with Crippen molar-refractivity contribution in [1.82, 2.24) is 10.5 Å². The van der Waals surface area contributed by atoms with Crippen molar-refractivity contribution < 1.29 is 32.1 Å². The number of para-hydroxylation sites is 1. The third-order valence-electron chi connectivity index (χ3n) is 5.87. The first-order valence-electron chi connectivity index (χ1n) is 11.2. The van der Waals surface area contributed by atoms with Crippen molar-refractivity contribution in [2.24, 2.45) is 16.6 Å². The standard InChI is InChI=1S/C25H22F3N5O4/c26-25(27,28)11-10-17(19(21(29)34)15-12-30-37-13-15)23(35)33-22-24(36)31-18-9-5-4-8-16(18)20(32-22)14-6-2-1-3-7-14/h1-9,12-13,17,19,22H,10-11H2,(H2,29,34)(H,31,36)(H,33,35)/t17-,19+,22-/m1/s1. The molecule has 4 N–H and O–H groups in total. The van der Waals surface area contributed by atoms with Gasteiger partial charge in [-0.05, 0) is 12.5 Å². The van der Waals surface area contributed by atoms with Crippen molar-refractivity contribution in [2.75, 3.05) is 5.32 Å². The summed E-state index contributed by atoms with van der Waals surface area (Å²) < 4.78 is 44.0. The molecule has 0 fully saturated rings. The number of halogens is 3. The molecule has 0 saturated heterocycles. The number of alkyl halides is 3. The lowest BCUT2D eigenvalue weighted by Crippen LogP contribution is -2.47. The smallest absolute Gasteiger partial charge is 0.369 e. The second kappa shape index (κ2) is 10.6. The first-order valence-corrected chi connectivity index (χ1v) is 11.2. The van der Waals surface area contributed by atoms with Crippen LogP contribution < -0.4 is 16.4 Å². The zero-order valence-corrected chi connectivity index (χ0v) is 19.2. The van der Waals surface area contributed by atoms with Crippen LogP contribution in [0, 0.1) is 5.92 Å². The fourth-order valence-electron chi connectivity index (χ4n) is 4.15. The zero-order chi connectivity index (χ0) is 26.6. The van der Waals surface area contributed by atoms with Crippen LogP contribution in [0.3, 0.4) is 0 Å². The Labute approximate surface area is 208 Å². The fraction of sp³-hybridized carbons (Fsp3) is 0.240. The number of carbonyl (C=O) groups is 3. The van der Waals surface area contributed by atoms with Gasteiger partial charge in [-0.15, -0.1) is 0 Å². The van der Waals surface area contributed by atoms with Crippen LogP contribution in [0.4, 0.5) is 18.9 Å². The number of primary amides is 1. The first-order chi connectivity index (χ1) is 17.6. The Hall–Kier alpha value is -4.48. The van der Waals surface area contributed by atoms with Crippen molar-refractivity contribution in [3.8, 4) is 0 Å². The van der Waals surface area contributed by atoms with Crippen LogP contribution in [0.5, 0.6) is 0 Å². The number of anilines is 1. The van der Waals surface area contributed by atoms with Crippen LogP contribution in [0.25, 0.3) is 0 Å². The molecular weight excluding hydrogens is 491 g/mol. The number of benzene rings is 2. The van der Waals surface area contributed by atoms with Gasteiger partial charge in [0.05, 0.1) is 29.4 Å². The highest BCUT2D eigenvalue weighted by molar-refractivity contribution is 6.19. The van der Waals surface area contributed by atoms with E-state index in [1.54, 1.807) is 54.6 Å². The van der Waals surface area contributed by atoms with Gasteiger partial charge in [-0.3, -0.25) is 14.4 Å². The van der Waals surface area contributed by atoms with Crippen LogP contribution in [-0.2, 0) is 14.4 Å². The molecule has 0 radical (unpaired) electrons. The maximum Gasteiger partial charge on any atom is 0.389 e. The van der Waals surface area contributed by atoms with Crippen LogP contribution in [0.15, 0.2) is 76.6 Å². The minimum absolute atomic E-state index is 0.0426. The summed E-state index contributed by atoms with van der Waals surface area (Å²) in [5, 5.41) is 8.56. The second-order valence-electron chi connectivity index (χ2n) is 8.39. The quantitative estimate of drug-likeness (QED) is 0.425. The Morgan fingerprint density at radius 1 is 1.11 bits per heavy atom. The molecule has 0 bridgehead atoms. The summed E-state index contributed by atoms with van der Waals surface area (Å²) in [7, 11) is 0. The topological polar surface area (TPSA) is 140 Å². The summed E-state index contributed by atoms with van der Waals surface area (Å²) in [5.74, 6) is -5.81. The molecule has 9 nitrogen and oxygen atoms in total. The maximum absolute atomic E-state index is 13.4. The molecule has 2 heterocycles. The maximum atomic E-state index is 13.4. The molecule has 3 atom stereocenters. The number of fused-ring (bicyclic) bond motifs is 1. The molecule has 2 aromatic carbocycles. The van der Waals surface area contributed by atoms with E-state index in [0.29, 0.717) is 22.5 Å². The normalized spacial score (nSPS) is 17.0. The molecule has 37 heavy (non-hydrogen) atoms. The molecule has 12 heteroatoms. The Bertz CT molecular complexity index is 1310. The summed E-state index contributed by atoms with van der Waals surface area (Å²) >= 11 is 0. The minimum Gasteiger partial charge on any atom is -0.369 e. The largest absolute Gasteiger partial charge is 0.389 e. The van der Waals surface area contributed by atoms with E-state index in [0.717, 1.165) is 12.5 Å². The van der Waals surface area contributed by atoms with E-state index in [1.165, 1.54) is 0 Å². The van der Waals surface area contributed by atoms with Gasteiger partial charge < -0.3 is 20.9 Å². The van der Waals surface area contributed by atoms with Gasteiger partial charge in [0.2, 0.25) is 18.0 Å². The van der Waals surface area contributed by atoms with E-state index in [4.69, 9.17) is 10.3 Å². The lowest BCUT2D eigenvalue weighted by molar-refractivity contribution is -0.144. The molecule has 0 unspecified atom stereocenters. The third-order valence-corrected chi connectivity index (χ3v) is 5.87. The van der Waals surface area contributed by atoms with Crippen LogP contribution >= 0.6 is 0 Å². The van der Waals surface area contributed by atoms with Gasteiger partial charge in [-0.25, -0.2) is 4.99 Å². The van der Waals surface area contributed by atoms with Crippen LogP contribution in [0.2, 0.25) is 0 Å². The highest BCUT2D eigenvalue weighted by Gasteiger charge is 2.40. The van der Waals surface area contributed by atoms with Gasteiger partial charge in [0.1, 0.15) is 6.26 Å². The van der Waals surface area contributed by atoms with Gasteiger partial charge in [-0.2, -0.15) is 13.2 Å². The molecule has 0 saturated carbocycles. The monoisotopic (exact) mass is 513 g/mol. The number of hydrogen-bond acceptors (Lipinski definition) is 6. The molecule has 3 aromatic rings. The van der Waals surface area contributed by atoms with Crippen LogP contribution in [-0.4, -0.2) is 40.9 Å². The highest BCUT2D eigenvalue weighted by atomic mass is 19.4. The number of amides is 3. The lowest BCUT2D eigenvalue weighted by atomic mass is 9.83. The number of aliphatic imine (C=N–C) groups is 1. The molecule has 1 aliphatic rings. The second-order valence-corrected chi connectivity index (χ2v) is 8.39. The van der Waals surface area contributed by atoms with Crippen molar-refractivity contribution in [3.05, 3.63) is 83.7 Å². The van der Waals surface area contributed by atoms with Crippen LogP contribution in [0.1, 0.15) is 35.4 Å². The number of nitrogens with zero attached hydrogens (tertiary/aromatic N) is 2. The minimum atomic E-state index is -4.60. The van der Waals surface area contributed by atoms with E-state index in [1.807, 2.05) is 0 Å². The van der Waals surface area contributed by atoms with E-state index in [-0.39, 0.29) is 5.56 Å². The predicted octanol–water partition coefficient (Wildman–Crippen LogP) is 3.13. The van der Waals surface area contributed by atoms with E-state index >= 15 is 0 Å². The summed E-state index contributed by atoms with van der Waals surface area (Å²) in [5.41, 5.74) is 7.59. The lowest BCUT2D eigenvalue weighted by Gasteiger charge is -2.25. The summed E-state index contributed by atoms with van der Waals surface area (Å²) in [6, 6.07) is 15.8. The SMILES string of the molecule is NC(=O)[C@@H](c1cnoc1)[C@@H](CCC(F)(F)F)C(=O)N[C@H]1N=C(c2ccccc2)c2ccccc2NC1=O. The number of nitrogens with two attached hydrogens (primary N) is 1. The number of benzodiazepines with no additional fused rings is 1. The van der Waals surface area contributed by atoms with Gasteiger partial charge in [0.15, 0.2) is 0 Å². The molecule has 192 valence electrons. The summed E-state index contributed by atoms with van der Waals surface area (Å²) in [4.78, 5) is 43.1. The molecular formula is C25H22F3N5O4. The van der Waals surface area contributed by atoms with Crippen molar-refractivity contribution in [3.63, 3.8) is 0 Å². The highest BCUT2D eigenvalue weighted by Crippen LogP contribution is 2.33. The Kier molecular flexibility index (Phi) is 7.37. The van der Waals surface area contributed by atoms with Crippen molar-refractivity contribution in [1.29, 1.82) is 0 Å².